The number of nitrogens with one attached hydrogen (secondary N) is 2. The first-order valence-corrected chi connectivity index (χ1v) is 4.01. The number of carbonyl (C=O) groups excluding carboxylic acids is 1. The molecule has 1 amide bonds. The first kappa shape index (κ1) is 10.3. The van der Waals surface area contributed by atoms with Crippen LogP contribution in [0.25, 0.3) is 11.2 Å². The molecule has 0 unspecified atom stereocenters. The van der Waals surface area contributed by atoms with Crippen LogP contribution in [0.2, 0.25) is 0 Å². The average molecular weight is 231 g/mol. The molecule has 0 aliphatic rings. The molecule has 0 saturated heterocycles. The maximum absolute atomic E-state index is 12.0. The number of hydrogen-bond acceptors (Lipinski definition) is 4. The lowest BCUT2D eigenvalue weighted by molar-refractivity contribution is -0.167. The highest BCUT2D eigenvalue weighted by Gasteiger charge is 2.39. The van der Waals surface area contributed by atoms with Gasteiger partial charge in [-0.1, -0.05) is 0 Å². The van der Waals surface area contributed by atoms with Crippen molar-refractivity contribution in [2.24, 2.45) is 0 Å². The Morgan fingerprint density at radius 3 is 2.75 bits per heavy atom. The molecule has 2 N–H and O–H groups in total. The number of H-pyrrole nitrogens is 1. The minimum absolute atomic E-state index is 0.139. The molecule has 0 aromatic carbocycles. The number of nitrogens with zero attached hydrogens (tertiary/aromatic N) is 3. The molecule has 2 aromatic heterocycles. The van der Waals surface area contributed by atoms with Crippen molar-refractivity contribution in [3.05, 3.63) is 12.7 Å². The third-order valence-corrected chi connectivity index (χ3v) is 1.71. The summed E-state index contributed by atoms with van der Waals surface area (Å²) in [5.74, 6) is -2.35. The summed E-state index contributed by atoms with van der Waals surface area (Å²) in [6.45, 7) is 0. The predicted molar refractivity (Wildman–Crippen MR) is 46.4 cm³/mol. The SMILES string of the molecule is O=C(Nc1ncnc2nc[nH]c12)C(F)(F)F. The molecule has 0 saturated carbocycles. The van der Waals surface area contributed by atoms with Gasteiger partial charge in [-0.3, -0.25) is 4.79 Å². The van der Waals surface area contributed by atoms with Gasteiger partial charge in [-0.25, -0.2) is 15.0 Å². The number of imidazole rings is 1. The van der Waals surface area contributed by atoms with Crippen LogP contribution in [-0.2, 0) is 4.79 Å². The van der Waals surface area contributed by atoms with Crippen LogP contribution < -0.4 is 5.32 Å². The Hall–Kier alpha value is -2.19. The lowest BCUT2D eigenvalue weighted by Gasteiger charge is -2.06. The molecule has 0 atom stereocenters. The predicted octanol–water partition coefficient (Wildman–Crippen LogP) is 0.854. The summed E-state index contributed by atoms with van der Waals surface area (Å²) in [4.78, 5) is 24.1. The number of amides is 1. The van der Waals surface area contributed by atoms with Gasteiger partial charge in [0, 0.05) is 0 Å². The number of carbonyl (C=O) groups is 1. The number of aromatic amines is 1. The number of hydrogen-bond donors (Lipinski definition) is 2. The van der Waals surface area contributed by atoms with E-state index in [9.17, 15) is 18.0 Å². The quantitative estimate of drug-likeness (QED) is 0.762. The van der Waals surface area contributed by atoms with Crippen LogP contribution in [-0.4, -0.2) is 32.0 Å². The second-order valence-corrected chi connectivity index (χ2v) is 2.78. The maximum Gasteiger partial charge on any atom is 0.471 e. The van der Waals surface area contributed by atoms with Gasteiger partial charge in [-0.2, -0.15) is 13.2 Å². The smallest absolute Gasteiger partial charge is 0.340 e. The van der Waals surface area contributed by atoms with Crippen molar-refractivity contribution >= 4 is 22.9 Å². The fraction of sp³-hybridized carbons (Fsp3) is 0.143. The van der Waals surface area contributed by atoms with Gasteiger partial charge in [0.15, 0.2) is 11.5 Å². The molecule has 84 valence electrons. The van der Waals surface area contributed by atoms with Gasteiger partial charge in [-0.05, 0) is 0 Å². The third-order valence-electron chi connectivity index (χ3n) is 1.71. The van der Waals surface area contributed by atoms with Crippen LogP contribution in [0.1, 0.15) is 0 Å². The normalized spacial score (nSPS) is 11.7. The topological polar surface area (TPSA) is 83.6 Å². The van der Waals surface area contributed by atoms with E-state index < -0.39 is 12.1 Å². The number of aromatic nitrogens is 4. The lowest BCUT2D eigenvalue weighted by atomic mass is 10.4. The Morgan fingerprint density at radius 1 is 1.31 bits per heavy atom. The molecule has 2 aromatic rings. The Labute approximate surface area is 85.9 Å². The van der Waals surface area contributed by atoms with Crippen molar-refractivity contribution in [2.75, 3.05) is 5.32 Å². The zero-order valence-corrected chi connectivity index (χ0v) is 7.54. The molecule has 9 heteroatoms. The molecule has 6 nitrogen and oxygen atoms in total. The average Bonchev–Trinajstić information content (AvgIpc) is 2.65. The summed E-state index contributed by atoms with van der Waals surface area (Å²) in [5, 5.41) is 1.62. The van der Waals surface area contributed by atoms with Crippen molar-refractivity contribution < 1.29 is 18.0 Å². The number of alkyl halides is 3. The van der Waals surface area contributed by atoms with E-state index in [0.29, 0.717) is 0 Å². The van der Waals surface area contributed by atoms with Gasteiger partial charge in [0.2, 0.25) is 0 Å². The number of fused-ring (bicyclic) bond motifs is 1. The van der Waals surface area contributed by atoms with Crippen LogP contribution in [0.15, 0.2) is 12.7 Å². The van der Waals surface area contributed by atoms with Crippen LogP contribution in [0.3, 0.4) is 0 Å². The van der Waals surface area contributed by atoms with E-state index in [1.165, 1.54) is 6.33 Å². The summed E-state index contributed by atoms with van der Waals surface area (Å²) in [6.07, 6.45) is -2.71. The van der Waals surface area contributed by atoms with E-state index in [1.54, 1.807) is 5.32 Å². The molecule has 0 aliphatic carbocycles. The highest BCUT2D eigenvalue weighted by Crippen LogP contribution is 2.20. The Morgan fingerprint density at radius 2 is 2.06 bits per heavy atom. The molecule has 0 spiro atoms. The molecule has 2 rings (SSSR count). The maximum atomic E-state index is 12.0. The summed E-state index contributed by atoms with van der Waals surface area (Å²) in [6, 6.07) is 0. The second-order valence-electron chi connectivity index (χ2n) is 2.78. The van der Waals surface area contributed by atoms with E-state index in [-0.39, 0.29) is 17.0 Å². The van der Waals surface area contributed by atoms with Crippen molar-refractivity contribution in [2.45, 2.75) is 6.18 Å². The van der Waals surface area contributed by atoms with Crippen LogP contribution in [0, 0.1) is 0 Å². The van der Waals surface area contributed by atoms with Crippen molar-refractivity contribution in [1.82, 2.24) is 19.9 Å². The molecule has 2 heterocycles. The molecular formula is C7H4F3N5O. The molecule has 0 fully saturated rings. The number of anilines is 1. The second kappa shape index (κ2) is 3.43. The molecule has 0 aliphatic heterocycles. The monoisotopic (exact) mass is 231 g/mol. The molecule has 0 radical (unpaired) electrons. The third kappa shape index (κ3) is 1.78. The summed E-state index contributed by atoms with van der Waals surface area (Å²) >= 11 is 0. The van der Waals surface area contributed by atoms with E-state index in [4.69, 9.17) is 0 Å². The summed E-state index contributed by atoms with van der Waals surface area (Å²) in [7, 11) is 0. The fourth-order valence-corrected chi connectivity index (χ4v) is 1.04. The van der Waals surface area contributed by atoms with Gasteiger partial charge in [-0.15, -0.1) is 0 Å². The van der Waals surface area contributed by atoms with Gasteiger partial charge in [0.1, 0.15) is 11.8 Å². The van der Waals surface area contributed by atoms with Gasteiger partial charge in [0.05, 0.1) is 6.33 Å². The zero-order chi connectivity index (χ0) is 11.8. The van der Waals surface area contributed by atoms with E-state index in [2.05, 4.69) is 19.9 Å². The minimum atomic E-state index is -4.96. The van der Waals surface area contributed by atoms with Gasteiger partial charge >= 0.3 is 12.1 Å². The molecular weight excluding hydrogens is 227 g/mol. The van der Waals surface area contributed by atoms with E-state index >= 15 is 0 Å². The van der Waals surface area contributed by atoms with Crippen LogP contribution >= 0.6 is 0 Å². The lowest BCUT2D eigenvalue weighted by Crippen LogP contribution is -2.30. The molecule has 0 bridgehead atoms. The Bertz CT molecular complexity index is 534. The first-order chi connectivity index (χ1) is 7.48. The zero-order valence-electron chi connectivity index (χ0n) is 7.54. The minimum Gasteiger partial charge on any atom is -0.340 e. The highest BCUT2D eigenvalue weighted by atomic mass is 19.4. The van der Waals surface area contributed by atoms with Crippen LogP contribution in [0.4, 0.5) is 19.0 Å². The van der Waals surface area contributed by atoms with Crippen molar-refractivity contribution in [1.29, 1.82) is 0 Å². The van der Waals surface area contributed by atoms with E-state index in [1.807, 2.05) is 0 Å². The van der Waals surface area contributed by atoms with Crippen LogP contribution in [0.5, 0.6) is 0 Å². The van der Waals surface area contributed by atoms with Crippen molar-refractivity contribution in [3.8, 4) is 0 Å². The Kier molecular flexibility index (Phi) is 2.22. The molecule has 16 heavy (non-hydrogen) atoms. The fourth-order valence-electron chi connectivity index (χ4n) is 1.04. The van der Waals surface area contributed by atoms with Gasteiger partial charge < -0.3 is 10.3 Å². The Balaban J connectivity index is 2.35. The number of rotatable bonds is 1. The highest BCUT2D eigenvalue weighted by molar-refractivity contribution is 5.99. The largest absolute Gasteiger partial charge is 0.471 e. The first-order valence-electron chi connectivity index (χ1n) is 4.01. The number of halogens is 3. The summed E-state index contributed by atoms with van der Waals surface area (Å²) < 4.78 is 35.9. The van der Waals surface area contributed by atoms with Gasteiger partial charge in [0.25, 0.3) is 0 Å². The van der Waals surface area contributed by atoms with E-state index in [0.717, 1.165) is 6.33 Å². The standard InChI is InChI=1S/C7H4F3N5O/c8-7(9,10)6(16)15-5-3-4(12-1-11-3)13-2-14-5/h1-2H,(H2,11,12,13,14,15,16). The van der Waals surface area contributed by atoms with Crippen molar-refractivity contribution in [3.63, 3.8) is 0 Å². The summed E-state index contributed by atoms with van der Waals surface area (Å²) in [5.41, 5.74) is 0.313.